The third kappa shape index (κ3) is 8.83. The van der Waals surface area contributed by atoms with E-state index in [-0.39, 0.29) is 85.1 Å². The zero-order valence-electron chi connectivity index (χ0n) is 1.66. The SMILES string of the molecule is [As].[Bi].[Ni].[Sb]. The van der Waals surface area contributed by atoms with Gasteiger partial charge >= 0.3 is 0 Å². The van der Waals surface area contributed by atoms with Crippen LogP contribution in [-0.4, -0.2) is 68.6 Å². The van der Waals surface area contributed by atoms with E-state index in [2.05, 4.69) is 0 Å². The van der Waals surface area contributed by atoms with Crippen LogP contribution in [0.2, 0.25) is 0 Å². The Morgan fingerprint density at radius 3 is 1.00 bits per heavy atom. The van der Waals surface area contributed by atoms with Crippen molar-refractivity contribution in [3.63, 3.8) is 0 Å². The maximum absolute atomic E-state index is 0. The Bertz CT molecular complexity index is 8.00. The molecule has 0 amide bonds. The fourth-order valence-corrected chi connectivity index (χ4v) is 0. The fourth-order valence-electron chi connectivity index (χ4n) is 0. The fraction of sp³-hybridized carbons (Fsp3) is 0. The van der Waals surface area contributed by atoms with Crippen LogP contribution in [-0.2, 0) is 16.5 Å². The molecule has 0 atom stereocenters. The minimum absolute atomic E-state index is 0. The molecule has 0 bridgehead atoms. The van der Waals surface area contributed by atoms with Crippen molar-refractivity contribution in [1.29, 1.82) is 0 Å². The number of hydrogen-bond acceptors (Lipinski definition) is 0. The van der Waals surface area contributed by atoms with Crippen molar-refractivity contribution in [3.8, 4) is 0 Å². The van der Waals surface area contributed by atoms with Gasteiger partial charge in [-0.2, -0.15) is 0 Å². The molecule has 0 fully saturated rings. The van der Waals surface area contributed by atoms with Crippen molar-refractivity contribution in [2.45, 2.75) is 0 Å². The molecule has 9 radical (unpaired) electrons. The molecule has 0 N–H and O–H groups in total. The Hall–Kier alpha value is 2.75. The van der Waals surface area contributed by atoms with E-state index in [0.29, 0.717) is 0 Å². The molecule has 0 spiro atoms. The van der Waals surface area contributed by atoms with E-state index in [1.54, 1.807) is 0 Å². The first-order chi connectivity index (χ1) is 0. The third-order valence-corrected chi connectivity index (χ3v) is 0. The molecular formula is AsBiNiSb. The van der Waals surface area contributed by atoms with Gasteiger partial charge < -0.3 is 0 Å². The Balaban J connectivity index is 0. The van der Waals surface area contributed by atoms with Gasteiger partial charge in [0, 0.05) is 85.1 Å². The molecule has 0 heterocycles. The largest absolute Gasteiger partial charge is 0 e. The van der Waals surface area contributed by atoms with Gasteiger partial charge in [-0.25, -0.2) is 0 Å². The molecular weight excluding hydrogens is 464 g/mol. The van der Waals surface area contributed by atoms with E-state index in [1.165, 1.54) is 0 Å². The summed E-state index contributed by atoms with van der Waals surface area (Å²) in [6.07, 6.45) is 0. The Kier molecular flexibility index (Phi) is 126. The summed E-state index contributed by atoms with van der Waals surface area (Å²) in [4.78, 5) is 0. The van der Waals surface area contributed by atoms with Crippen LogP contribution in [0, 0.1) is 0 Å². The van der Waals surface area contributed by atoms with Crippen LogP contribution >= 0.6 is 0 Å². The topological polar surface area (TPSA) is 0 Å². The minimum atomic E-state index is 0. The molecule has 0 aromatic heterocycles. The van der Waals surface area contributed by atoms with Gasteiger partial charge in [0.1, 0.15) is 0 Å². The summed E-state index contributed by atoms with van der Waals surface area (Å²) in [6, 6.07) is 0. The zero-order chi connectivity index (χ0) is 0. The molecule has 25 valence electrons. The molecule has 0 aliphatic heterocycles. The monoisotopic (exact) mass is 463 g/mol. The first-order valence-corrected chi connectivity index (χ1v) is 0. The van der Waals surface area contributed by atoms with Crippen LogP contribution < -0.4 is 0 Å². The molecule has 0 aromatic carbocycles. The van der Waals surface area contributed by atoms with E-state index in [4.69, 9.17) is 0 Å². The van der Waals surface area contributed by atoms with Crippen LogP contribution in [0.3, 0.4) is 0 Å². The van der Waals surface area contributed by atoms with Crippen LogP contribution in [0.1, 0.15) is 0 Å². The molecule has 0 unspecified atom stereocenters. The number of hydrogen-bond donors (Lipinski definition) is 0. The van der Waals surface area contributed by atoms with Gasteiger partial charge in [-0.1, -0.05) is 0 Å². The van der Waals surface area contributed by atoms with Crippen molar-refractivity contribution in [1.82, 2.24) is 0 Å². The molecule has 0 aliphatic rings. The molecule has 0 aromatic rings. The summed E-state index contributed by atoms with van der Waals surface area (Å²) in [7, 11) is 0. The van der Waals surface area contributed by atoms with E-state index >= 15 is 0 Å². The summed E-state index contributed by atoms with van der Waals surface area (Å²) in [6.45, 7) is 0. The van der Waals surface area contributed by atoms with Crippen molar-refractivity contribution in [2.24, 2.45) is 0 Å². The van der Waals surface area contributed by atoms with Crippen molar-refractivity contribution < 1.29 is 16.5 Å². The second-order valence-electron chi connectivity index (χ2n) is 0. The third-order valence-electron chi connectivity index (χ3n) is 0. The molecule has 0 aliphatic carbocycles. The van der Waals surface area contributed by atoms with E-state index in [1.807, 2.05) is 0 Å². The van der Waals surface area contributed by atoms with Crippen LogP contribution in [0.25, 0.3) is 0 Å². The standard InChI is InChI=1S/As.Bi.Ni.Sb. The zero-order valence-corrected chi connectivity index (χ0v) is 10.6. The van der Waals surface area contributed by atoms with Gasteiger partial charge in [0.2, 0.25) is 0 Å². The molecule has 0 saturated carbocycles. The normalized spacial score (nSPS) is 0. The summed E-state index contributed by atoms with van der Waals surface area (Å²) < 4.78 is 0. The quantitative estimate of drug-likeness (QED) is 0.398. The van der Waals surface area contributed by atoms with Gasteiger partial charge in [-0.05, 0) is 0 Å². The molecule has 0 saturated heterocycles. The van der Waals surface area contributed by atoms with Gasteiger partial charge in [-0.15, -0.1) is 0 Å². The van der Waals surface area contributed by atoms with Gasteiger partial charge in [0.25, 0.3) is 0 Å². The predicted molar refractivity (Wildman–Crippen MR) is 17.3 cm³/mol. The minimum Gasteiger partial charge on any atom is 0 e. The van der Waals surface area contributed by atoms with Crippen molar-refractivity contribution in [3.05, 3.63) is 0 Å². The van der Waals surface area contributed by atoms with Gasteiger partial charge in [0.15, 0.2) is 0 Å². The second kappa shape index (κ2) is 17.1. The molecule has 0 rings (SSSR count). The summed E-state index contributed by atoms with van der Waals surface area (Å²) in [5.41, 5.74) is 0. The maximum atomic E-state index is 0. The van der Waals surface area contributed by atoms with E-state index in [9.17, 15) is 0 Å². The van der Waals surface area contributed by atoms with Crippen molar-refractivity contribution >= 4 is 68.6 Å². The Morgan fingerprint density at radius 2 is 1.00 bits per heavy atom. The maximum Gasteiger partial charge on any atom is 0 e. The smallest absolute Gasteiger partial charge is 0 e. The average Bonchev–Trinajstić information content (AvgIpc) is 0. The van der Waals surface area contributed by atoms with Gasteiger partial charge in [-0.3, -0.25) is 0 Å². The predicted octanol–water partition coefficient (Wildman–Crippen LogP) is -1.14. The summed E-state index contributed by atoms with van der Waals surface area (Å²) in [5.74, 6) is 0. The van der Waals surface area contributed by atoms with Gasteiger partial charge in [0.05, 0.1) is 0 Å². The van der Waals surface area contributed by atoms with Crippen LogP contribution in [0.15, 0.2) is 0 Å². The summed E-state index contributed by atoms with van der Waals surface area (Å²) in [5, 5.41) is 0. The average molecular weight is 464 g/mol. The summed E-state index contributed by atoms with van der Waals surface area (Å²) >= 11 is 0. The Morgan fingerprint density at radius 1 is 1.00 bits per heavy atom. The first-order valence-electron chi connectivity index (χ1n) is 0. The Labute approximate surface area is 83.7 Å². The van der Waals surface area contributed by atoms with Crippen LogP contribution in [0.5, 0.6) is 0 Å². The molecule has 4 heavy (non-hydrogen) atoms. The molecule has 0 nitrogen and oxygen atoms in total. The van der Waals surface area contributed by atoms with E-state index in [0.717, 1.165) is 0 Å². The molecule has 4 heteroatoms. The first kappa shape index (κ1) is 29.5. The van der Waals surface area contributed by atoms with Crippen LogP contribution in [0.4, 0.5) is 0 Å². The number of rotatable bonds is 0. The van der Waals surface area contributed by atoms with E-state index < -0.39 is 0 Å². The van der Waals surface area contributed by atoms with Crippen molar-refractivity contribution in [2.75, 3.05) is 0 Å². The second-order valence-corrected chi connectivity index (χ2v) is 0.